The molecule has 0 fully saturated rings. The summed E-state index contributed by atoms with van der Waals surface area (Å²) >= 11 is 5.62. The molecule has 0 aliphatic heterocycles. The molecule has 0 spiro atoms. The highest BCUT2D eigenvalue weighted by molar-refractivity contribution is 7.92. The predicted molar refractivity (Wildman–Crippen MR) is 103 cm³/mol. The monoisotopic (exact) mass is 434 g/mol. The zero-order valence-corrected chi connectivity index (χ0v) is 16.8. The van der Waals surface area contributed by atoms with E-state index in [9.17, 15) is 26.4 Å². The van der Waals surface area contributed by atoms with Crippen LogP contribution in [0.25, 0.3) is 0 Å². The maximum atomic E-state index is 13.2. The van der Waals surface area contributed by atoms with Gasteiger partial charge in [-0.05, 0) is 44.2 Å². The van der Waals surface area contributed by atoms with Gasteiger partial charge in [-0.15, -0.1) is 0 Å². The van der Waals surface area contributed by atoms with Gasteiger partial charge in [0.05, 0.1) is 23.2 Å². The van der Waals surface area contributed by atoms with E-state index >= 15 is 0 Å². The van der Waals surface area contributed by atoms with Crippen LogP contribution in [0.15, 0.2) is 42.5 Å². The average molecular weight is 435 g/mol. The molecule has 2 aromatic carbocycles. The SMILES string of the molecule is Cc1ccc(N([C@@H](C)C(=O)Nc2ccc(Cl)cc2C(F)(F)F)S(C)(=O)=O)cc1. The highest BCUT2D eigenvalue weighted by atomic mass is 35.5. The molecule has 0 radical (unpaired) electrons. The molecule has 1 amide bonds. The Morgan fingerprint density at radius 1 is 1.14 bits per heavy atom. The third-order valence-electron chi connectivity index (χ3n) is 3.92. The lowest BCUT2D eigenvalue weighted by molar-refractivity contribution is -0.137. The molecule has 0 heterocycles. The van der Waals surface area contributed by atoms with Crippen LogP contribution in [0.4, 0.5) is 24.5 Å². The average Bonchev–Trinajstić information content (AvgIpc) is 2.56. The summed E-state index contributed by atoms with van der Waals surface area (Å²) in [5.74, 6) is -0.918. The second kappa shape index (κ2) is 8.00. The maximum absolute atomic E-state index is 13.2. The molecular formula is C18H18ClF3N2O3S. The highest BCUT2D eigenvalue weighted by Gasteiger charge is 2.35. The van der Waals surface area contributed by atoms with Crippen molar-refractivity contribution >= 4 is 38.9 Å². The predicted octanol–water partition coefficient (Wildman–Crippen LogP) is 4.46. The van der Waals surface area contributed by atoms with Crippen molar-refractivity contribution in [3.8, 4) is 0 Å². The molecule has 28 heavy (non-hydrogen) atoms. The molecule has 0 aliphatic carbocycles. The van der Waals surface area contributed by atoms with Crippen molar-refractivity contribution in [2.45, 2.75) is 26.1 Å². The molecule has 0 unspecified atom stereocenters. The molecular weight excluding hydrogens is 417 g/mol. The van der Waals surface area contributed by atoms with Gasteiger partial charge in [-0.25, -0.2) is 8.42 Å². The van der Waals surface area contributed by atoms with E-state index in [4.69, 9.17) is 11.6 Å². The van der Waals surface area contributed by atoms with Crippen LogP contribution < -0.4 is 9.62 Å². The van der Waals surface area contributed by atoms with Gasteiger partial charge in [0, 0.05) is 5.02 Å². The Balaban J connectivity index is 2.38. The lowest BCUT2D eigenvalue weighted by Gasteiger charge is -2.28. The van der Waals surface area contributed by atoms with Crippen LogP contribution in [-0.4, -0.2) is 26.6 Å². The van der Waals surface area contributed by atoms with E-state index in [2.05, 4.69) is 5.32 Å². The Morgan fingerprint density at radius 3 is 2.21 bits per heavy atom. The van der Waals surface area contributed by atoms with Gasteiger partial charge in [0.2, 0.25) is 15.9 Å². The maximum Gasteiger partial charge on any atom is 0.418 e. The molecule has 1 atom stereocenters. The van der Waals surface area contributed by atoms with Gasteiger partial charge < -0.3 is 5.32 Å². The van der Waals surface area contributed by atoms with E-state index in [1.807, 2.05) is 6.92 Å². The van der Waals surface area contributed by atoms with Gasteiger partial charge in [0.15, 0.2) is 0 Å². The number of anilines is 2. The van der Waals surface area contributed by atoms with Crippen molar-refractivity contribution in [1.82, 2.24) is 0 Å². The number of sulfonamides is 1. The fraction of sp³-hybridized carbons (Fsp3) is 0.278. The number of carbonyl (C=O) groups is 1. The molecule has 10 heteroatoms. The minimum absolute atomic E-state index is 0.143. The minimum Gasteiger partial charge on any atom is -0.324 e. The smallest absolute Gasteiger partial charge is 0.324 e. The lowest BCUT2D eigenvalue weighted by atomic mass is 10.1. The van der Waals surface area contributed by atoms with E-state index in [1.54, 1.807) is 12.1 Å². The zero-order valence-electron chi connectivity index (χ0n) is 15.2. The number of aryl methyl sites for hydroxylation is 1. The third kappa shape index (κ3) is 5.17. The van der Waals surface area contributed by atoms with Crippen molar-refractivity contribution in [2.75, 3.05) is 15.9 Å². The first-order valence-electron chi connectivity index (χ1n) is 8.04. The van der Waals surface area contributed by atoms with Crippen LogP contribution in [0.3, 0.4) is 0 Å². The summed E-state index contributed by atoms with van der Waals surface area (Å²) in [5, 5.41) is 2.01. The fourth-order valence-electron chi connectivity index (χ4n) is 2.60. The molecule has 2 aromatic rings. The largest absolute Gasteiger partial charge is 0.418 e. The minimum atomic E-state index is -4.75. The highest BCUT2D eigenvalue weighted by Crippen LogP contribution is 2.36. The summed E-state index contributed by atoms with van der Waals surface area (Å²) in [4.78, 5) is 12.6. The Hall–Kier alpha value is -2.26. The number of amides is 1. The Kier molecular flexibility index (Phi) is 6.30. The van der Waals surface area contributed by atoms with E-state index < -0.39 is 39.4 Å². The lowest BCUT2D eigenvalue weighted by Crippen LogP contribution is -2.45. The zero-order chi connectivity index (χ0) is 21.3. The molecule has 2 rings (SSSR count). The molecule has 152 valence electrons. The number of nitrogens with one attached hydrogen (secondary N) is 1. The third-order valence-corrected chi connectivity index (χ3v) is 5.40. The van der Waals surface area contributed by atoms with Crippen LogP contribution in [0.5, 0.6) is 0 Å². The van der Waals surface area contributed by atoms with E-state index in [-0.39, 0.29) is 10.7 Å². The number of alkyl halides is 3. The van der Waals surface area contributed by atoms with Crippen LogP contribution in [0, 0.1) is 6.92 Å². The molecule has 0 bridgehead atoms. The van der Waals surface area contributed by atoms with Crippen LogP contribution >= 0.6 is 11.6 Å². The number of carbonyl (C=O) groups excluding carboxylic acids is 1. The van der Waals surface area contributed by atoms with Gasteiger partial charge in [-0.1, -0.05) is 29.3 Å². The number of rotatable bonds is 5. The Morgan fingerprint density at radius 2 is 1.71 bits per heavy atom. The van der Waals surface area contributed by atoms with E-state index in [0.717, 1.165) is 22.2 Å². The topological polar surface area (TPSA) is 66.5 Å². The molecule has 0 aliphatic rings. The van der Waals surface area contributed by atoms with Crippen molar-refractivity contribution in [3.63, 3.8) is 0 Å². The number of benzene rings is 2. The Bertz CT molecular complexity index is 977. The summed E-state index contributed by atoms with van der Waals surface area (Å²) in [6, 6.07) is 7.98. The molecule has 0 aromatic heterocycles. The van der Waals surface area contributed by atoms with Crippen LogP contribution in [-0.2, 0) is 21.0 Å². The summed E-state index contributed by atoms with van der Waals surface area (Å²) in [6.07, 6.45) is -3.83. The normalized spacial score (nSPS) is 13.1. The van der Waals surface area contributed by atoms with Crippen LogP contribution in [0.1, 0.15) is 18.1 Å². The number of hydrogen-bond acceptors (Lipinski definition) is 3. The van der Waals surface area contributed by atoms with Crippen molar-refractivity contribution < 1.29 is 26.4 Å². The molecule has 1 N–H and O–H groups in total. The van der Waals surface area contributed by atoms with Gasteiger partial charge in [-0.2, -0.15) is 13.2 Å². The standard InChI is InChI=1S/C18H18ClF3N2O3S/c1-11-4-7-14(8-5-11)24(28(3,26)27)12(2)17(25)23-16-9-6-13(19)10-15(16)18(20,21)22/h4-10,12H,1-3H3,(H,23,25)/t12-/m0/s1. The van der Waals surface area contributed by atoms with Crippen LogP contribution in [0.2, 0.25) is 5.02 Å². The van der Waals surface area contributed by atoms with E-state index in [0.29, 0.717) is 6.07 Å². The van der Waals surface area contributed by atoms with E-state index in [1.165, 1.54) is 25.1 Å². The fourth-order valence-corrected chi connectivity index (χ4v) is 3.94. The summed E-state index contributed by atoms with van der Waals surface area (Å²) < 4.78 is 65.0. The first-order chi connectivity index (χ1) is 12.8. The van der Waals surface area contributed by atoms with Crippen molar-refractivity contribution in [2.24, 2.45) is 0 Å². The first kappa shape index (κ1) is 22.0. The number of hydrogen-bond donors (Lipinski definition) is 1. The summed E-state index contributed by atoms with van der Waals surface area (Å²) in [6.45, 7) is 3.10. The molecule has 0 saturated carbocycles. The van der Waals surface area contributed by atoms with Crippen molar-refractivity contribution in [1.29, 1.82) is 0 Å². The van der Waals surface area contributed by atoms with Crippen molar-refractivity contribution in [3.05, 3.63) is 58.6 Å². The van der Waals surface area contributed by atoms with Gasteiger partial charge in [-0.3, -0.25) is 9.10 Å². The summed E-state index contributed by atoms with van der Waals surface area (Å²) in [5.41, 5.74) is -0.527. The molecule has 0 saturated heterocycles. The second-order valence-electron chi connectivity index (χ2n) is 6.25. The number of halogens is 4. The van der Waals surface area contributed by atoms with Gasteiger partial charge in [0.25, 0.3) is 0 Å². The quantitative estimate of drug-likeness (QED) is 0.755. The molecule has 5 nitrogen and oxygen atoms in total. The summed E-state index contributed by atoms with van der Waals surface area (Å²) in [7, 11) is -3.88. The first-order valence-corrected chi connectivity index (χ1v) is 10.3. The van der Waals surface area contributed by atoms with Gasteiger partial charge >= 0.3 is 6.18 Å². The Labute approximate surface area is 166 Å². The number of nitrogens with zero attached hydrogens (tertiary/aromatic N) is 1. The second-order valence-corrected chi connectivity index (χ2v) is 8.54. The van der Waals surface area contributed by atoms with Gasteiger partial charge in [0.1, 0.15) is 6.04 Å².